The van der Waals surface area contributed by atoms with Crippen molar-refractivity contribution in [2.75, 3.05) is 30.5 Å². The van der Waals surface area contributed by atoms with Crippen molar-refractivity contribution in [3.63, 3.8) is 0 Å². The van der Waals surface area contributed by atoms with E-state index in [4.69, 9.17) is 9.47 Å². The molecule has 0 aromatic heterocycles. The van der Waals surface area contributed by atoms with Crippen LogP contribution < -0.4 is 4.31 Å². The molecule has 0 aliphatic carbocycles. The third-order valence-electron chi connectivity index (χ3n) is 5.60. The molecule has 2 heterocycles. The van der Waals surface area contributed by atoms with E-state index in [1.807, 2.05) is 26.0 Å². The van der Waals surface area contributed by atoms with Crippen LogP contribution in [0.25, 0.3) is 0 Å². The molecule has 1 saturated heterocycles. The van der Waals surface area contributed by atoms with Crippen LogP contribution in [-0.2, 0) is 30.7 Å². The SMILES string of the molecule is C[C@@H]1CN(C(=O)COC(=O)c2cccc(S(=O)(=O)N3CCc4ccccc43)c2)C[C@H](C)O1. The Balaban J connectivity index is 1.45. The first-order valence-corrected chi connectivity index (χ1v) is 12.0. The molecule has 8 nitrogen and oxygen atoms in total. The second kappa shape index (κ2) is 8.91. The average Bonchev–Trinajstić information content (AvgIpc) is 3.21. The molecule has 2 aliphatic rings. The largest absolute Gasteiger partial charge is 0.452 e. The van der Waals surface area contributed by atoms with Gasteiger partial charge in [-0.1, -0.05) is 24.3 Å². The van der Waals surface area contributed by atoms with Crippen LogP contribution >= 0.6 is 0 Å². The highest BCUT2D eigenvalue weighted by atomic mass is 32.2. The van der Waals surface area contributed by atoms with Gasteiger partial charge in [0.25, 0.3) is 15.9 Å². The number of hydrogen-bond acceptors (Lipinski definition) is 6. The Hall–Kier alpha value is -2.91. The standard InChI is InChI=1S/C23H26N2O6S/c1-16-13-24(14-17(2)31-16)22(26)15-30-23(27)19-7-5-8-20(12-19)32(28,29)25-11-10-18-6-3-4-9-21(18)25/h3-9,12,16-17H,10-11,13-15H2,1-2H3/t16-,17+. The molecule has 4 rings (SSSR count). The van der Waals surface area contributed by atoms with Crippen molar-refractivity contribution < 1.29 is 27.5 Å². The topological polar surface area (TPSA) is 93.2 Å². The smallest absolute Gasteiger partial charge is 0.338 e. The Morgan fingerprint density at radius 1 is 1.06 bits per heavy atom. The summed E-state index contributed by atoms with van der Waals surface area (Å²) >= 11 is 0. The molecule has 0 radical (unpaired) electrons. The molecule has 2 aliphatic heterocycles. The molecule has 0 saturated carbocycles. The quantitative estimate of drug-likeness (QED) is 0.638. The summed E-state index contributed by atoms with van der Waals surface area (Å²) in [4.78, 5) is 26.6. The number of nitrogens with zero attached hydrogens (tertiary/aromatic N) is 2. The number of anilines is 1. The van der Waals surface area contributed by atoms with E-state index in [0.29, 0.717) is 31.7 Å². The van der Waals surface area contributed by atoms with Crippen LogP contribution in [-0.4, -0.2) is 63.6 Å². The lowest BCUT2D eigenvalue weighted by Crippen LogP contribution is -2.49. The lowest BCUT2D eigenvalue weighted by Gasteiger charge is -2.35. The van der Waals surface area contributed by atoms with Crippen molar-refractivity contribution in [3.8, 4) is 0 Å². The maximum atomic E-state index is 13.2. The zero-order valence-corrected chi connectivity index (χ0v) is 18.9. The van der Waals surface area contributed by atoms with E-state index >= 15 is 0 Å². The first kappa shape index (κ1) is 22.3. The van der Waals surface area contributed by atoms with Gasteiger partial charge in [0.1, 0.15) is 0 Å². The van der Waals surface area contributed by atoms with E-state index in [9.17, 15) is 18.0 Å². The number of morpholine rings is 1. The summed E-state index contributed by atoms with van der Waals surface area (Å²) in [5.74, 6) is -1.05. The van der Waals surface area contributed by atoms with E-state index in [-0.39, 0.29) is 28.6 Å². The molecule has 0 unspecified atom stereocenters. The van der Waals surface area contributed by atoms with Crippen LogP contribution in [0, 0.1) is 0 Å². The molecule has 32 heavy (non-hydrogen) atoms. The summed E-state index contributed by atoms with van der Waals surface area (Å²) in [6.45, 7) is 4.58. The number of benzene rings is 2. The number of hydrogen-bond donors (Lipinski definition) is 0. The van der Waals surface area contributed by atoms with Gasteiger partial charge < -0.3 is 14.4 Å². The van der Waals surface area contributed by atoms with Crippen LogP contribution in [0.3, 0.4) is 0 Å². The van der Waals surface area contributed by atoms with Crippen LogP contribution in [0.1, 0.15) is 29.8 Å². The molecular weight excluding hydrogens is 432 g/mol. The van der Waals surface area contributed by atoms with Gasteiger partial charge in [0, 0.05) is 19.6 Å². The lowest BCUT2D eigenvalue weighted by atomic mass is 10.2. The van der Waals surface area contributed by atoms with Gasteiger partial charge in [0.05, 0.1) is 28.4 Å². The fourth-order valence-electron chi connectivity index (χ4n) is 4.15. The molecule has 2 aromatic carbocycles. The van der Waals surface area contributed by atoms with Gasteiger partial charge in [-0.05, 0) is 50.1 Å². The van der Waals surface area contributed by atoms with Gasteiger partial charge in [0.2, 0.25) is 0 Å². The number of carbonyl (C=O) groups excluding carboxylic acids is 2. The normalized spacial score (nSPS) is 20.7. The van der Waals surface area contributed by atoms with E-state index in [0.717, 1.165) is 5.56 Å². The van der Waals surface area contributed by atoms with Crippen molar-refractivity contribution in [3.05, 3.63) is 59.7 Å². The highest BCUT2D eigenvalue weighted by Gasteiger charge is 2.31. The minimum Gasteiger partial charge on any atom is -0.452 e. The van der Waals surface area contributed by atoms with Crippen molar-refractivity contribution in [1.29, 1.82) is 0 Å². The molecule has 170 valence electrons. The summed E-state index contributed by atoms with van der Waals surface area (Å²) in [5.41, 5.74) is 1.70. The van der Waals surface area contributed by atoms with Gasteiger partial charge in [-0.3, -0.25) is 9.10 Å². The van der Waals surface area contributed by atoms with Crippen molar-refractivity contribution >= 4 is 27.6 Å². The zero-order valence-electron chi connectivity index (χ0n) is 18.1. The Bertz CT molecular complexity index is 1120. The molecule has 1 amide bonds. The number of amides is 1. The first-order valence-electron chi connectivity index (χ1n) is 10.6. The average molecular weight is 459 g/mol. The number of rotatable bonds is 5. The first-order chi connectivity index (χ1) is 15.3. The molecule has 2 aromatic rings. The number of esters is 1. The Morgan fingerprint density at radius 3 is 2.53 bits per heavy atom. The van der Waals surface area contributed by atoms with Crippen molar-refractivity contribution in [2.45, 2.75) is 37.4 Å². The molecular formula is C23H26N2O6S. The van der Waals surface area contributed by atoms with Crippen molar-refractivity contribution in [1.82, 2.24) is 4.90 Å². The summed E-state index contributed by atoms with van der Waals surface area (Å²) < 4.78 is 38.6. The fraction of sp³-hybridized carbons (Fsp3) is 0.391. The Kier molecular flexibility index (Phi) is 6.21. The fourth-order valence-corrected chi connectivity index (χ4v) is 5.70. The molecule has 1 fully saturated rings. The number of fused-ring (bicyclic) bond motifs is 1. The number of ether oxygens (including phenoxy) is 2. The van der Waals surface area contributed by atoms with E-state index in [2.05, 4.69) is 0 Å². The minimum absolute atomic E-state index is 0.00538. The Morgan fingerprint density at radius 2 is 1.78 bits per heavy atom. The van der Waals surface area contributed by atoms with Crippen LogP contribution in [0.2, 0.25) is 0 Å². The summed E-state index contributed by atoms with van der Waals surface area (Å²) in [5, 5.41) is 0. The maximum Gasteiger partial charge on any atom is 0.338 e. The third-order valence-corrected chi connectivity index (χ3v) is 7.41. The zero-order chi connectivity index (χ0) is 22.9. The van der Waals surface area contributed by atoms with Gasteiger partial charge >= 0.3 is 5.97 Å². The van der Waals surface area contributed by atoms with Crippen molar-refractivity contribution in [2.24, 2.45) is 0 Å². The predicted molar refractivity (Wildman–Crippen MR) is 118 cm³/mol. The number of sulfonamides is 1. The van der Waals surface area contributed by atoms with Gasteiger partial charge in [-0.15, -0.1) is 0 Å². The van der Waals surface area contributed by atoms with E-state index in [1.54, 1.807) is 17.0 Å². The van der Waals surface area contributed by atoms with Crippen LogP contribution in [0.4, 0.5) is 5.69 Å². The van der Waals surface area contributed by atoms with Gasteiger partial charge in [-0.2, -0.15) is 0 Å². The number of para-hydroxylation sites is 1. The highest BCUT2D eigenvalue weighted by Crippen LogP contribution is 2.32. The lowest BCUT2D eigenvalue weighted by molar-refractivity contribution is -0.146. The summed E-state index contributed by atoms with van der Waals surface area (Å²) in [6, 6.07) is 13.1. The second-order valence-electron chi connectivity index (χ2n) is 8.12. The predicted octanol–water partition coefficient (Wildman–Crippen LogP) is 2.23. The minimum atomic E-state index is -3.83. The molecule has 9 heteroatoms. The van der Waals surface area contributed by atoms with E-state index < -0.39 is 22.6 Å². The molecule has 2 atom stereocenters. The van der Waals surface area contributed by atoms with Crippen LogP contribution in [0.5, 0.6) is 0 Å². The maximum absolute atomic E-state index is 13.2. The second-order valence-corrected chi connectivity index (χ2v) is 9.98. The van der Waals surface area contributed by atoms with Gasteiger partial charge in [-0.25, -0.2) is 13.2 Å². The summed E-state index contributed by atoms with van der Waals surface area (Å²) in [7, 11) is -3.83. The van der Waals surface area contributed by atoms with Gasteiger partial charge in [0.15, 0.2) is 6.61 Å². The molecule has 0 bridgehead atoms. The molecule has 0 N–H and O–H groups in total. The highest BCUT2D eigenvalue weighted by molar-refractivity contribution is 7.92. The monoisotopic (exact) mass is 458 g/mol. The van der Waals surface area contributed by atoms with E-state index in [1.165, 1.54) is 28.6 Å². The molecule has 0 spiro atoms. The summed E-state index contributed by atoms with van der Waals surface area (Å²) in [6.07, 6.45) is 0.463. The van der Waals surface area contributed by atoms with Crippen LogP contribution in [0.15, 0.2) is 53.4 Å². The third kappa shape index (κ3) is 4.49. The number of carbonyl (C=O) groups is 2. The Labute approximate surface area is 187 Å².